The summed E-state index contributed by atoms with van der Waals surface area (Å²) in [6, 6.07) is 3.05. The molecular formula is C17H26F3IN4O. The van der Waals surface area contributed by atoms with Gasteiger partial charge in [-0.05, 0) is 0 Å². The maximum atomic E-state index is 12.6. The predicted molar refractivity (Wildman–Crippen MR) is 104 cm³/mol. The molecule has 0 amide bonds. The molecule has 0 bridgehead atoms. The van der Waals surface area contributed by atoms with Gasteiger partial charge in [-0.1, -0.05) is 0 Å². The van der Waals surface area contributed by atoms with Crippen molar-refractivity contribution in [2.45, 2.75) is 36.4 Å². The molecule has 1 N–H and O–H groups in total. The normalized spacial score (nSPS) is 23.7. The molecule has 1 aromatic heterocycles. The SMILES string of the molecule is CC(C)N1CCN(I(O)[C@H]2CCN(c3ccc(C(F)(F)F)nc3)C2)CC1. The van der Waals surface area contributed by atoms with E-state index in [-0.39, 0.29) is 3.92 Å². The number of hydrogen-bond donors (Lipinski definition) is 1. The quantitative estimate of drug-likeness (QED) is 0.403. The van der Waals surface area contributed by atoms with Crippen LogP contribution in [0.1, 0.15) is 26.0 Å². The third-order valence-corrected chi connectivity index (χ3v) is 10.0. The summed E-state index contributed by atoms with van der Waals surface area (Å²) in [4.78, 5) is 8.02. The number of anilines is 1. The molecule has 2 aliphatic rings. The van der Waals surface area contributed by atoms with E-state index in [1.54, 1.807) is 0 Å². The number of rotatable bonds is 4. The van der Waals surface area contributed by atoms with Crippen LogP contribution in [-0.4, -0.2) is 65.7 Å². The second-order valence-electron chi connectivity index (χ2n) is 7.04. The Bertz CT molecular complexity index is 591. The van der Waals surface area contributed by atoms with Crippen LogP contribution < -0.4 is 4.90 Å². The second-order valence-corrected chi connectivity index (χ2v) is 11.7. The first kappa shape index (κ1) is 20.1. The van der Waals surface area contributed by atoms with Crippen molar-refractivity contribution in [1.82, 2.24) is 13.0 Å². The summed E-state index contributed by atoms with van der Waals surface area (Å²) in [6.07, 6.45) is -2.22. The molecule has 9 heteroatoms. The van der Waals surface area contributed by atoms with Crippen LogP contribution in [-0.2, 0) is 6.18 Å². The van der Waals surface area contributed by atoms with Crippen molar-refractivity contribution in [2.75, 3.05) is 44.2 Å². The van der Waals surface area contributed by atoms with Crippen LogP contribution in [0.15, 0.2) is 18.3 Å². The Kier molecular flexibility index (Phi) is 6.30. The fourth-order valence-corrected chi connectivity index (χ4v) is 7.63. The predicted octanol–water partition coefficient (Wildman–Crippen LogP) is 3.03. The number of hydrogen-bond acceptors (Lipinski definition) is 5. The Hall–Kier alpha value is -0.650. The Morgan fingerprint density at radius 3 is 2.38 bits per heavy atom. The van der Waals surface area contributed by atoms with Crippen LogP contribution in [0.3, 0.4) is 0 Å². The van der Waals surface area contributed by atoms with Gasteiger partial charge in [0.05, 0.1) is 0 Å². The molecule has 0 spiro atoms. The molecule has 26 heavy (non-hydrogen) atoms. The number of piperazine rings is 1. The van der Waals surface area contributed by atoms with Gasteiger partial charge in [0.1, 0.15) is 0 Å². The van der Waals surface area contributed by atoms with Crippen LogP contribution in [0.25, 0.3) is 0 Å². The molecule has 3 rings (SSSR count). The van der Waals surface area contributed by atoms with E-state index in [9.17, 15) is 16.6 Å². The van der Waals surface area contributed by atoms with Crippen molar-refractivity contribution < 1.29 is 16.6 Å². The summed E-state index contributed by atoms with van der Waals surface area (Å²) < 4.78 is 51.3. The molecule has 1 atom stereocenters. The summed E-state index contributed by atoms with van der Waals surface area (Å²) in [5.74, 6) is 0. The standard InChI is InChI=1S/C17H26F3IN4O/c1-13(2)23-7-9-25(10-8-23)21(26)14-5-6-24(12-14)15-3-4-16(22-11-15)17(18,19)20/h3-4,11,13-14,26H,5-10,12H2,1-2H3/t14-/m0/s1. The van der Waals surface area contributed by atoms with Gasteiger partial charge in [0, 0.05) is 0 Å². The van der Waals surface area contributed by atoms with Gasteiger partial charge in [-0.3, -0.25) is 0 Å². The average Bonchev–Trinajstić information content (AvgIpc) is 3.10. The third kappa shape index (κ3) is 4.60. The van der Waals surface area contributed by atoms with E-state index in [4.69, 9.17) is 0 Å². The number of aromatic nitrogens is 1. The molecular weight excluding hydrogens is 460 g/mol. The molecule has 148 valence electrons. The second kappa shape index (κ2) is 8.15. The minimum atomic E-state index is -4.41. The van der Waals surface area contributed by atoms with Crippen molar-refractivity contribution in [3.63, 3.8) is 0 Å². The third-order valence-electron chi connectivity index (χ3n) is 5.05. The fraction of sp³-hybridized carbons (Fsp3) is 0.706. The zero-order valence-electron chi connectivity index (χ0n) is 15.1. The number of pyridine rings is 1. The van der Waals surface area contributed by atoms with E-state index in [2.05, 4.69) is 26.8 Å². The molecule has 5 nitrogen and oxygen atoms in total. The van der Waals surface area contributed by atoms with E-state index in [0.717, 1.165) is 45.2 Å². The first-order chi connectivity index (χ1) is 12.3. The summed E-state index contributed by atoms with van der Waals surface area (Å²) in [7, 11) is 0. The summed E-state index contributed by atoms with van der Waals surface area (Å²) >= 11 is -2.22. The fourth-order valence-electron chi connectivity index (χ4n) is 3.43. The van der Waals surface area contributed by atoms with E-state index in [0.29, 0.717) is 18.3 Å². The zero-order chi connectivity index (χ0) is 18.9. The topological polar surface area (TPSA) is 42.8 Å². The maximum absolute atomic E-state index is 12.6. The average molecular weight is 486 g/mol. The van der Waals surface area contributed by atoms with Gasteiger partial charge < -0.3 is 0 Å². The van der Waals surface area contributed by atoms with E-state index < -0.39 is 32.4 Å². The molecule has 2 saturated heterocycles. The molecule has 0 aromatic carbocycles. The molecule has 0 saturated carbocycles. The summed E-state index contributed by atoms with van der Waals surface area (Å²) in [6.45, 7) is 9.67. The molecule has 2 fully saturated rings. The van der Waals surface area contributed by atoms with Crippen LogP contribution in [0, 0.1) is 0 Å². The Labute approximate surface area is 160 Å². The molecule has 0 radical (unpaired) electrons. The molecule has 1 aromatic rings. The number of alkyl halides is 4. The van der Waals surface area contributed by atoms with Crippen LogP contribution in [0.2, 0.25) is 0 Å². The monoisotopic (exact) mass is 486 g/mol. The summed E-state index contributed by atoms with van der Waals surface area (Å²) in [5.41, 5.74) is -0.162. The van der Waals surface area contributed by atoms with Gasteiger partial charge in [-0.2, -0.15) is 0 Å². The summed E-state index contributed by atoms with van der Waals surface area (Å²) in [5, 5.41) is 0. The molecule has 0 unspecified atom stereocenters. The van der Waals surface area contributed by atoms with Gasteiger partial charge in [0.2, 0.25) is 0 Å². The molecule has 0 aliphatic carbocycles. The Morgan fingerprint density at radius 1 is 1.15 bits per heavy atom. The minimum absolute atomic E-state index is 0.257. The Balaban J connectivity index is 1.55. The van der Waals surface area contributed by atoms with Crippen molar-refractivity contribution >= 4 is 26.2 Å². The van der Waals surface area contributed by atoms with Gasteiger partial charge in [-0.25, -0.2) is 0 Å². The van der Waals surface area contributed by atoms with E-state index in [1.165, 1.54) is 12.3 Å². The first-order valence-corrected chi connectivity index (χ1v) is 12.1. The van der Waals surface area contributed by atoms with Crippen molar-refractivity contribution in [1.29, 1.82) is 0 Å². The number of halogens is 4. The zero-order valence-corrected chi connectivity index (χ0v) is 17.2. The van der Waals surface area contributed by atoms with Crippen molar-refractivity contribution in [3.05, 3.63) is 24.0 Å². The van der Waals surface area contributed by atoms with Crippen molar-refractivity contribution in [2.24, 2.45) is 0 Å². The van der Waals surface area contributed by atoms with Gasteiger partial charge >= 0.3 is 160 Å². The van der Waals surface area contributed by atoms with Gasteiger partial charge in [0.15, 0.2) is 0 Å². The van der Waals surface area contributed by atoms with Crippen LogP contribution in [0.5, 0.6) is 0 Å². The van der Waals surface area contributed by atoms with Crippen LogP contribution in [0.4, 0.5) is 18.9 Å². The molecule has 2 aliphatic heterocycles. The van der Waals surface area contributed by atoms with Crippen molar-refractivity contribution in [3.8, 4) is 0 Å². The molecule has 3 heterocycles. The van der Waals surface area contributed by atoms with Gasteiger partial charge in [-0.15, -0.1) is 0 Å². The first-order valence-electron chi connectivity index (χ1n) is 8.90. The Morgan fingerprint density at radius 2 is 1.85 bits per heavy atom. The van der Waals surface area contributed by atoms with E-state index >= 15 is 0 Å². The number of nitrogens with zero attached hydrogens (tertiary/aromatic N) is 4. The van der Waals surface area contributed by atoms with E-state index in [1.807, 2.05) is 4.90 Å². The van der Waals surface area contributed by atoms with Gasteiger partial charge in [0.25, 0.3) is 0 Å². The van der Waals surface area contributed by atoms with Crippen LogP contribution >= 0.6 is 20.5 Å².